The average Bonchev–Trinajstić information content (AvgIpc) is 2.56. The monoisotopic (exact) mass is 356 g/mol. The fourth-order valence-corrected chi connectivity index (χ4v) is 4.55. The van der Waals surface area contributed by atoms with Gasteiger partial charge in [0.25, 0.3) is 0 Å². The smallest absolute Gasteiger partial charge is 0.224 e. The summed E-state index contributed by atoms with van der Waals surface area (Å²) in [7, 11) is -3.27. The standard InChI is InChI=1S/C17H25FN2O3S/c1-2-12-24(22,23)20-11-5-7-15(13-20)17(21)19-10-9-14-6-3-4-8-16(14)18/h3-4,6,8,15H,2,5,7,9-13H2,1H3,(H,19,21)/t15-/m0/s1. The molecule has 1 atom stereocenters. The summed E-state index contributed by atoms with van der Waals surface area (Å²) in [6.07, 6.45) is 2.36. The first kappa shape index (κ1) is 18.9. The Morgan fingerprint density at radius 1 is 1.38 bits per heavy atom. The van der Waals surface area contributed by atoms with Crippen LogP contribution in [0.25, 0.3) is 0 Å². The lowest BCUT2D eigenvalue weighted by Crippen LogP contribution is -2.46. The molecule has 1 N–H and O–H groups in total. The minimum atomic E-state index is -3.27. The molecule has 5 nitrogen and oxygen atoms in total. The van der Waals surface area contributed by atoms with Crippen LogP contribution in [0.1, 0.15) is 31.7 Å². The van der Waals surface area contributed by atoms with Gasteiger partial charge in [0.05, 0.1) is 11.7 Å². The van der Waals surface area contributed by atoms with Crippen LogP contribution in [0.15, 0.2) is 24.3 Å². The summed E-state index contributed by atoms with van der Waals surface area (Å²) < 4.78 is 39.3. The van der Waals surface area contributed by atoms with E-state index in [4.69, 9.17) is 0 Å². The number of halogens is 1. The van der Waals surface area contributed by atoms with Gasteiger partial charge in [0.2, 0.25) is 15.9 Å². The first-order valence-corrected chi connectivity index (χ1v) is 10.0. The molecule has 1 aliphatic rings. The summed E-state index contributed by atoms with van der Waals surface area (Å²) in [6.45, 7) is 2.90. The molecule has 1 amide bonds. The van der Waals surface area contributed by atoms with E-state index in [1.165, 1.54) is 10.4 Å². The summed E-state index contributed by atoms with van der Waals surface area (Å²) in [5.41, 5.74) is 0.564. The van der Waals surface area contributed by atoms with Crippen LogP contribution in [0.2, 0.25) is 0 Å². The lowest BCUT2D eigenvalue weighted by Gasteiger charge is -2.31. The zero-order valence-corrected chi connectivity index (χ0v) is 14.8. The number of carbonyl (C=O) groups excluding carboxylic acids is 1. The molecule has 1 saturated heterocycles. The van der Waals surface area contributed by atoms with Gasteiger partial charge in [-0.15, -0.1) is 0 Å². The lowest BCUT2D eigenvalue weighted by molar-refractivity contribution is -0.126. The Morgan fingerprint density at radius 2 is 2.12 bits per heavy atom. The van der Waals surface area contributed by atoms with Crippen LogP contribution in [-0.4, -0.2) is 44.0 Å². The van der Waals surface area contributed by atoms with Crippen molar-refractivity contribution in [3.8, 4) is 0 Å². The number of rotatable bonds is 7. The molecule has 1 aromatic rings. The molecule has 1 aliphatic heterocycles. The van der Waals surface area contributed by atoms with Crippen molar-refractivity contribution in [2.24, 2.45) is 5.92 Å². The predicted molar refractivity (Wildman–Crippen MR) is 91.5 cm³/mol. The number of nitrogens with one attached hydrogen (secondary N) is 1. The highest BCUT2D eigenvalue weighted by molar-refractivity contribution is 7.89. The molecule has 24 heavy (non-hydrogen) atoms. The van der Waals surface area contributed by atoms with Gasteiger partial charge in [-0.2, -0.15) is 0 Å². The molecule has 0 aromatic heterocycles. The number of nitrogens with zero attached hydrogens (tertiary/aromatic N) is 1. The molecular weight excluding hydrogens is 331 g/mol. The summed E-state index contributed by atoms with van der Waals surface area (Å²) >= 11 is 0. The van der Waals surface area contributed by atoms with Crippen molar-refractivity contribution in [3.63, 3.8) is 0 Å². The molecule has 1 fully saturated rings. The van der Waals surface area contributed by atoms with E-state index >= 15 is 0 Å². The van der Waals surface area contributed by atoms with Crippen LogP contribution < -0.4 is 5.32 Å². The number of amides is 1. The third kappa shape index (κ3) is 5.01. The van der Waals surface area contributed by atoms with E-state index in [2.05, 4.69) is 5.32 Å². The number of sulfonamides is 1. The molecule has 0 spiro atoms. The van der Waals surface area contributed by atoms with Crippen LogP contribution in [0.4, 0.5) is 4.39 Å². The Morgan fingerprint density at radius 3 is 2.83 bits per heavy atom. The highest BCUT2D eigenvalue weighted by atomic mass is 32.2. The number of benzene rings is 1. The molecule has 0 saturated carbocycles. The van der Waals surface area contributed by atoms with Gasteiger partial charge in [-0.3, -0.25) is 4.79 Å². The van der Waals surface area contributed by atoms with E-state index in [-0.39, 0.29) is 29.9 Å². The van der Waals surface area contributed by atoms with Crippen molar-refractivity contribution in [1.82, 2.24) is 9.62 Å². The van der Waals surface area contributed by atoms with Crippen molar-refractivity contribution in [1.29, 1.82) is 0 Å². The average molecular weight is 356 g/mol. The minimum absolute atomic E-state index is 0.120. The molecule has 2 rings (SSSR count). The Hall–Kier alpha value is -1.47. The van der Waals surface area contributed by atoms with Gasteiger partial charge in [-0.1, -0.05) is 25.1 Å². The number of carbonyl (C=O) groups is 1. The fraction of sp³-hybridized carbons (Fsp3) is 0.588. The molecule has 0 aliphatic carbocycles. The van der Waals surface area contributed by atoms with E-state index in [9.17, 15) is 17.6 Å². The molecule has 0 unspecified atom stereocenters. The van der Waals surface area contributed by atoms with Gasteiger partial charge in [0.15, 0.2) is 0 Å². The van der Waals surface area contributed by atoms with Crippen LogP contribution in [0.3, 0.4) is 0 Å². The lowest BCUT2D eigenvalue weighted by atomic mass is 9.99. The van der Waals surface area contributed by atoms with E-state index < -0.39 is 10.0 Å². The Labute approximate surface area is 143 Å². The first-order valence-electron chi connectivity index (χ1n) is 8.43. The van der Waals surface area contributed by atoms with E-state index in [1.54, 1.807) is 18.2 Å². The Balaban J connectivity index is 1.85. The summed E-state index contributed by atoms with van der Waals surface area (Å²) in [5.74, 6) is -0.635. The molecule has 7 heteroatoms. The zero-order chi connectivity index (χ0) is 17.6. The van der Waals surface area contributed by atoms with Gasteiger partial charge < -0.3 is 5.32 Å². The third-order valence-corrected chi connectivity index (χ3v) is 6.30. The van der Waals surface area contributed by atoms with Gasteiger partial charge in [-0.25, -0.2) is 17.1 Å². The van der Waals surface area contributed by atoms with Crippen molar-refractivity contribution >= 4 is 15.9 Å². The molecule has 0 radical (unpaired) electrons. The second-order valence-electron chi connectivity index (χ2n) is 6.15. The Bertz CT molecular complexity index is 664. The maximum atomic E-state index is 13.5. The molecule has 0 bridgehead atoms. The topological polar surface area (TPSA) is 66.5 Å². The largest absolute Gasteiger partial charge is 0.355 e. The fourth-order valence-electron chi connectivity index (χ4n) is 2.96. The number of piperidine rings is 1. The SMILES string of the molecule is CCCS(=O)(=O)N1CCC[C@H](C(=O)NCCc2ccccc2F)C1. The normalized spacial score (nSPS) is 19.2. The molecule has 1 heterocycles. The van der Waals surface area contributed by atoms with Crippen molar-refractivity contribution in [3.05, 3.63) is 35.6 Å². The highest BCUT2D eigenvalue weighted by Gasteiger charge is 2.31. The maximum Gasteiger partial charge on any atom is 0.224 e. The van der Waals surface area contributed by atoms with Gasteiger partial charge in [0, 0.05) is 19.6 Å². The quantitative estimate of drug-likeness (QED) is 0.812. The molecular formula is C17H25FN2O3S. The summed E-state index contributed by atoms with van der Waals surface area (Å²) in [6, 6.07) is 6.48. The van der Waals surface area contributed by atoms with Crippen molar-refractivity contribution in [2.75, 3.05) is 25.4 Å². The van der Waals surface area contributed by atoms with Crippen LogP contribution in [0, 0.1) is 11.7 Å². The van der Waals surface area contributed by atoms with E-state index in [1.807, 2.05) is 6.92 Å². The van der Waals surface area contributed by atoms with E-state index in [0.29, 0.717) is 44.3 Å². The molecule has 1 aromatic carbocycles. The van der Waals surface area contributed by atoms with Gasteiger partial charge >= 0.3 is 0 Å². The van der Waals surface area contributed by atoms with Crippen LogP contribution in [0.5, 0.6) is 0 Å². The van der Waals surface area contributed by atoms with Gasteiger partial charge in [-0.05, 0) is 37.3 Å². The van der Waals surface area contributed by atoms with Crippen LogP contribution >= 0.6 is 0 Å². The maximum absolute atomic E-state index is 13.5. The third-order valence-electron chi connectivity index (χ3n) is 4.26. The first-order chi connectivity index (χ1) is 11.4. The van der Waals surface area contributed by atoms with Gasteiger partial charge in [0.1, 0.15) is 5.82 Å². The Kier molecular flexibility index (Phi) is 6.74. The summed E-state index contributed by atoms with van der Waals surface area (Å²) in [5, 5.41) is 2.80. The van der Waals surface area contributed by atoms with Crippen molar-refractivity contribution in [2.45, 2.75) is 32.6 Å². The van der Waals surface area contributed by atoms with Crippen molar-refractivity contribution < 1.29 is 17.6 Å². The predicted octanol–water partition coefficient (Wildman–Crippen LogP) is 1.94. The number of hydrogen-bond acceptors (Lipinski definition) is 3. The second-order valence-corrected chi connectivity index (χ2v) is 8.23. The molecule has 134 valence electrons. The zero-order valence-electron chi connectivity index (χ0n) is 14.0. The van der Waals surface area contributed by atoms with E-state index in [0.717, 1.165) is 0 Å². The number of hydrogen-bond donors (Lipinski definition) is 1. The van der Waals surface area contributed by atoms with Crippen LogP contribution in [-0.2, 0) is 21.2 Å². The highest BCUT2D eigenvalue weighted by Crippen LogP contribution is 2.20. The second kappa shape index (κ2) is 8.58. The minimum Gasteiger partial charge on any atom is -0.355 e. The summed E-state index contributed by atoms with van der Waals surface area (Å²) in [4.78, 5) is 12.3.